The summed E-state index contributed by atoms with van der Waals surface area (Å²) in [6.45, 7) is 4.03. The van der Waals surface area contributed by atoms with Crippen molar-refractivity contribution in [2.45, 2.75) is 44.8 Å². The van der Waals surface area contributed by atoms with Crippen molar-refractivity contribution in [3.05, 3.63) is 36.1 Å². The Labute approximate surface area is 144 Å². The van der Waals surface area contributed by atoms with Crippen molar-refractivity contribution in [2.75, 3.05) is 6.54 Å². The van der Waals surface area contributed by atoms with Gasteiger partial charge >= 0.3 is 0 Å². The van der Waals surface area contributed by atoms with Crippen molar-refractivity contribution in [3.63, 3.8) is 0 Å². The number of likely N-dealkylation sites (tertiary alicyclic amines) is 1. The molecule has 0 amide bonds. The standard InChI is InChI=1S/C16H20N6OS/c1-12(16-19-15(20-23-16)14-6-4-8-24-14)22-7-3-2-5-13(22)9-21-11-17-10-18-21/h4,6,8,10-13H,2-3,5,7,9H2,1H3. The van der Waals surface area contributed by atoms with Crippen molar-refractivity contribution in [2.24, 2.45) is 0 Å². The zero-order valence-electron chi connectivity index (χ0n) is 13.6. The molecule has 0 spiro atoms. The largest absolute Gasteiger partial charge is 0.337 e. The molecule has 1 fully saturated rings. The highest BCUT2D eigenvalue weighted by Crippen LogP contribution is 2.30. The van der Waals surface area contributed by atoms with E-state index in [-0.39, 0.29) is 6.04 Å². The van der Waals surface area contributed by atoms with Crippen molar-refractivity contribution in [1.29, 1.82) is 0 Å². The van der Waals surface area contributed by atoms with E-state index < -0.39 is 0 Å². The molecule has 0 aliphatic carbocycles. The minimum Gasteiger partial charge on any atom is -0.337 e. The maximum absolute atomic E-state index is 5.56. The summed E-state index contributed by atoms with van der Waals surface area (Å²) in [5.41, 5.74) is 0. The van der Waals surface area contributed by atoms with Crippen LogP contribution in [0, 0.1) is 0 Å². The van der Waals surface area contributed by atoms with E-state index >= 15 is 0 Å². The van der Waals surface area contributed by atoms with Crippen molar-refractivity contribution in [3.8, 4) is 10.7 Å². The highest BCUT2D eigenvalue weighted by atomic mass is 32.1. The number of thiophene rings is 1. The lowest BCUT2D eigenvalue weighted by atomic mass is 10.00. The van der Waals surface area contributed by atoms with Gasteiger partial charge in [0.15, 0.2) is 0 Å². The lowest BCUT2D eigenvalue weighted by molar-refractivity contribution is 0.0719. The van der Waals surface area contributed by atoms with E-state index in [0.717, 1.165) is 24.4 Å². The average Bonchev–Trinajstić information content (AvgIpc) is 3.35. The summed E-state index contributed by atoms with van der Waals surface area (Å²) in [5, 5.41) is 10.4. The molecular weight excluding hydrogens is 324 g/mol. The van der Waals surface area contributed by atoms with Crippen molar-refractivity contribution >= 4 is 11.3 Å². The Kier molecular flexibility index (Phi) is 4.40. The topological polar surface area (TPSA) is 72.9 Å². The Morgan fingerprint density at radius 2 is 2.38 bits per heavy atom. The van der Waals surface area contributed by atoms with Crippen molar-refractivity contribution in [1.82, 2.24) is 29.8 Å². The zero-order valence-corrected chi connectivity index (χ0v) is 14.4. The molecule has 1 aliphatic heterocycles. The van der Waals surface area contributed by atoms with Gasteiger partial charge in [-0.1, -0.05) is 17.6 Å². The fourth-order valence-corrected chi connectivity index (χ4v) is 3.97. The molecule has 2 atom stereocenters. The highest BCUT2D eigenvalue weighted by molar-refractivity contribution is 7.13. The van der Waals surface area contributed by atoms with Gasteiger partial charge in [0.1, 0.15) is 12.7 Å². The van der Waals surface area contributed by atoms with Crippen LogP contribution in [-0.4, -0.2) is 42.4 Å². The molecule has 1 saturated heterocycles. The molecule has 0 radical (unpaired) electrons. The first-order chi connectivity index (χ1) is 11.8. The summed E-state index contributed by atoms with van der Waals surface area (Å²) in [6.07, 6.45) is 6.95. The highest BCUT2D eigenvalue weighted by Gasteiger charge is 2.30. The van der Waals surface area contributed by atoms with E-state index in [1.54, 1.807) is 24.0 Å². The van der Waals surface area contributed by atoms with Crippen LogP contribution in [-0.2, 0) is 6.54 Å². The van der Waals surface area contributed by atoms with Crippen LogP contribution in [0.2, 0.25) is 0 Å². The van der Waals surface area contributed by atoms with Crippen molar-refractivity contribution < 1.29 is 4.52 Å². The zero-order chi connectivity index (χ0) is 16.4. The third-order valence-electron chi connectivity index (χ3n) is 4.58. The Hall–Kier alpha value is -2.06. The molecule has 8 heteroatoms. The summed E-state index contributed by atoms with van der Waals surface area (Å²) >= 11 is 1.62. The van der Waals surface area contributed by atoms with Crippen LogP contribution in [0.3, 0.4) is 0 Å². The van der Waals surface area contributed by atoms with Gasteiger partial charge in [0.05, 0.1) is 17.5 Å². The second-order valence-electron chi connectivity index (χ2n) is 6.11. The third-order valence-corrected chi connectivity index (χ3v) is 5.44. The SMILES string of the molecule is CC(c1nc(-c2cccs2)no1)N1CCCCC1Cn1cncn1. The van der Waals surface area contributed by atoms with Gasteiger partial charge in [-0.05, 0) is 37.8 Å². The summed E-state index contributed by atoms with van der Waals surface area (Å²) in [5.74, 6) is 1.36. The summed E-state index contributed by atoms with van der Waals surface area (Å²) in [4.78, 5) is 12.1. The van der Waals surface area contributed by atoms with Crippen LogP contribution >= 0.6 is 11.3 Å². The molecule has 3 aromatic rings. The fourth-order valence-electron chi connectivity index (χ4n) is 3.32. The summed E-state index contributed by atoms with van der Waals surface area (Å²) < 4.78 is 7.46. The normalized spacial score (nSPS) is 20.3. The first-order valence-corrected chi connectivity index (χ1v) is 9.15. The summed E-state index contributed by atoms with van der Waals surface area (Å²) in [7, 11) is 0. The molecule has 0 N–H and O–H groups in total. The average molecular weight is 344 g/mol. The Bertz CT molecular complexity index is 753. The predicted octanol–water partition coefficient (Wildman–Crippen LogP) is 3.01. The Morgan fingerprint density at radius 1 is 1.42 bits per heavy atom. The molecule has 1 aliphatic rings. The monoisotopic (exact) mass is 344 g/mol. The van der Waals surface area contributed by atoms with Gasteiger partial charge in [-0.15, -0.1) is 11.3 Å². The van der Waals surface area contributed by atoms with E-state index in [4.69, 9.17) is 4.52 Å². The van der Waals surface area contributed by atoms with Gasteiger partial charge in [0.2, 0.25) is 11.7 Å². The first kappa shape index (κ1) is 15.5. The van der Waals surface area contributed by atoms with Crippen LogP contribution in [0.4, 0.5) is 0 Å². The fraction of sp³-hybridized carbons (Fsp3) is 0.500. The molecule has 0 bridgehead atoms. The van der Waals surface area contributed by atoms with Gasteiger partial charge < -0.3 is 4.52 Å². The van der Waals surface area contributed by atoms with Gasteiger partial charge in [-0.3, -0.25) is 9.58 Å². The lowest BCUT2D eigenvalue weighted by Gasteiger charge is -2.38. The van der Waals surface area contributed by atoms with E-state index in [9.17, 15) is 0 Å². The second kappa shape index (κ2) is 6.82. The quantitative estimate of drug-likeness (QED) is 0.708. The Morgan fingerprint density at radius 3 is 3.17 bits per heavy atom. The lowest BCUT2D eigenvalue weighted by Crippen LogP contribution is -2.43. The van der Waals surface area contributed by atoms with Gasteiger partial charge in [0, 0.05) is 6.04 Å². The Balaban J connectivity index is 1.52. The molecule has 7 nitrogen and oxygen atoms in total. The molecular formula is C16H20N6OS. The number of hydrogen-bond donors (Lipinski definition) is 0. The van der Waals surface area contributed by atoms with Crippen LogP contribution in [0.5, 0.6) is 0 Å². The number of piperidine rings is 1. The number of hydrogen-bond acceptors (Lipinski definition) is 7. The predicted molar refractivity (Wildman–Crippen MR) is 90.4 cm³/mol. The van der Waals surface area contributed by atoms with Gasteiger partial charge in [-0.2, -0.15) is 10.1 Å². The maximum Gasteiger partial charge on any atom is 0.244 e. The van der Waals surface area contributed by atoms with E-state index in [1.807, 2.05) is 22.2 Å². The van der Waals surface area contributed by atoms with E-state index in [0.29, 0.717) is 17.8 Å². The maximum atomic E-state index is 5.56. The van der Waals surface area contributed by atoms with Crippen LogP contribution in [0.25, 0.3) is 10.7 Å². The number of aromatic nitrogens is 5. The molecule has 4 rings (SSSR count). The van der Waals surface area contributed by atoms with E-state index in [1.165, 1.54) is 12.8 Å². The second-order valence-corrected chi connectivity index (χ2v) is 7.06. The minimum absolute atomic E-state index is 0.0973. The van der Waals surface area contributed by atoms with Gasteiger partial charge in [-0.25, -0.2) is 4.98 Å². The molecule has 3 aromatic heterocycles. The number of nitrogens with zero attached hydrogens (tertiary/aromatic N) is 6. The molecule has 4 heterocycles. The first-order valence-electron chi connectivity index (χ1n) is 8.27. The van der Waals surface area contributed by atoms with E-state index in [2.05, 4.69) is 32.0 Å². The molecule has 2 unspecified atom stereocenters. The number of rotatable bonds is 5. The van der Waals surface area contributed by atoms with Crippen LogP contribution in [0.1, 0.15) is 38.1 Å². The van der Waals surface area contributed by atoms with Crippen LogP contribution in [0.15, 0.2) is 34.7 Å². The summed E-state index contributed by atoms with van der Waals surface area (Å²) in [6, 6.07) is 4.52. The smallest absolute Gasteiger partial charge is 0.244 e. The minimum atomic E-state index is 0.0973. The van der Waals surface area contributed by atoms with Crippen LogP contribution < -0.4 is 0 Å². The molecule has 24 heavy (non-hydrogen) atoms. The third kappa shape index (κ3) is 3.11. The molecule has 0 saturated carbocycles. The molecule has 0 aromatic carbocycles. The van der Waals surface area contributed by atoms with Gasteiger partial charge in [0.25, 0.3) is 0 Å². The molecule has 126 valence electrons.